The topological polar surface area (TPSA) is 85.4 Å². The molecule has 0 radical (unpaired) electrons. The van der Waals surface area contributed by atoms with Crippen molar-refractivity contribution in [2.75, 3.05) is 27.2 Å². The second kappa shape index (κ2) is 11.7. The van der Waals surface area contributed by atoms with Crippen LogP contribution >= 0.6 is 0 Å². The molecule has 40 heavy (non-hydrogen) atoms. The molecular weight excluding hydrogens is 527 g/mol. The summed E-state index contributed by atoms with van der Waals surface area (Å²) in [6, 6.07) is 10.7. The van der Waals surface area contributed by atoms with E-state index in [4.69, 9.17) is 4.74 Å². The van der Waals surface area contributed by atoms with Gasteiger partial charge < -0.3 is 19.9 Å². The van der Waals surface area contributed by atoms with Gasteiger partial charge in [0.25, 0.3) is 0 Å². The number of urea groups is 1. The van der Waals surface area contributed by atoms with Crippen molar-refractivity contribution in [1.82, 2.24) is 25.1 Å². The van der Waals surface area contributed by atoms with E-state index < -0.39 is 30.0 Å². The zero-order valence-electron chi connectivity index (χ0n) is 22.9. The number of hydrazine groups is 1. The zero-order chi connectivity index (χ0) is 29.2. The Hall–Kier alpha value is -3.80. The Morgan fingerprint density at radius 2 is 1.82 bits per heavy atom. The number of nitrogens with one attached hydrogen (secondary N) is 1. The molecule has 2 fully saturated rings. The maximum atomic E-state index is 13.7. The van der Waals surface area contributed by atoms with Gasteiger partial charge in [-0.1, -0.05) is 44.5 Å². The first-order valence-corrected chi connectivity index (χ1v) is 13.1. The smallest absolute Gasteiger partial charge is 0.416 e. The molecule has 1 unspecified atom stereocenters. The Bertz CT molecular complexity index is 1240. The van der Waals surface area contributed by atoms with Gasteiger partial charge >= 0.3 is 12.2 Å². The summed E-state index contributed by atoms with van der Waals surface area (Å²) in [5.41, 5.74) is 0.344. The van der Waals surface area contributed by atoms with Crippen LogP contribution in [0.25, 0.3) is 0 Å². The van der Waals surface area contributed by atoms with Gasteiger partial charge in [0.15, 0.2) is 0 Å². The van der Waals surface area contributed by atoms with E-state index in [0.717, 1.165) is 17.7 Å². The maximum absolute atomic E-state index is 13.7. The summed E-state index contributed by atoms with van der Waals surface area (Å²) >= 11 is 0. The van der Waals surface area contributed by atoms with Crippen LogP contribution in [0.3, 0.4) is 0 Å². The molecule has 3 atom stereocenters. The minimum atomic E-state index is -4.52. The fraction of sp³-hybridized carbons (Fsp3) is 0.464. The van der Waals surface area contributed by atoms with E-state index in [0.29, 0.717) is 17.7 Å². The van der Waals surface area contributed by atoms with Gasteiger partial charge in [-0.2, -0.15) is 13.2 Å². The first-order chi connectivity index (χ1) is 18.9. The highest BCUT2D eigenvalue weighted by Crippen LogP contribution is 2.33. The number of alkyl halides is 3. The lowest BCUT2D eigenvalue weighted by atomic mass is 9.92. The molecule has 2 aliphatic heterocycles. The van der Waals surface area contributed by atoms with Crippen molar-refractivity contribution in [3.05, 3.63) is 65.2 Å². The lowest BCUT2D eigenvalue weighted by Crippen LogP contribution is -2.76. The number of carbonyl (C=O) groups excluding carboxylic acids is 3. The van der Waals surface area contributed by atoms with Crippen LogP contribution in [-0.2, 0) is 28.9 Å². The van der Waals surface area contributed by atoms with Gasteiger partial charge in [-0.15, -0.1) is 0 Å². The van der Waals surface area contributed by atoms with Crippen molar-refractivity contribution in [2.45, 2.75) is 51.7 Å². The Morgan fingerprint density at radius 3 is 2.45 bits per heavy atom. The molecule has 2 aromatic carbocycles. The van der Waals surface area contributed by atoms with Crippen LogP contribution in [0.1, 0.15) is 37.0 Å². The predicted molar refractivity (Wildman–Crippen MR) is 140 cm³/mol. The van der Waals surface area contributed by atoms with Gasteiger partial charge in [0, 0.05) is 20.1 Å². The fourth-order valence-corrected chi connectivity index (χ4v) is 5.21. The van der Waals surface area contributed by atoms with Crippen LogP contribution in [0.2, 0.25) is 0 Å². The third-order valence-corrected chi connectivity index (χ3v) is 7.49. The minimum absolute atomic E-state index is 0.0476. The molecule has 0 aliphatic carbocycles. The molecule has 0 bridgehead atoms. The Kier molecular flexibility index (Phi) is 8.57. The molecule has 9 nitrogen and oxygen atoms in total. The summed E-state index contributed by atoms with van der Waals surface area (Å²) in [7, 11) is 3.18. The van der Waals surface area contributed by atoms with Gasteiger partial charge in [-0.3, -0.25) is 9.59 Å². The Labute approximate surface area is 231 Å². The van der Waals surface area contributed by atoms with Crippen LogP contribution in [0, 0.1) is 5.92 Å². The van der Waals surface area contributed by atoms with Gasteiger partial charge in [-0.25, -0.2) is 14.8 Å². The van der Waals surface area contributed by atoms with Crippen molar-refractivity contribution in [2.24, 2.45) is 5.92 Å². The number of fused-ring (bicyclic) bond motifs is 1. The summed E-state index contributed by atoms with van der Waals surface area (Å²) in [5, 5.41) is 5.82. The van der Waals surface area contributed by atoms with E-state index in [1.807, 2.05) is 26.0 Å². The van der Waals surface area contributed by atoms with Crippen LogP contribution in [0.15, 0.2) is 48.5 Å². The molecule has 4 rings (SSSR count). The highest BCUT2D eigenvalue weighted by atomic mass is 19.4. The largest absolute Gasteiger partial charge is 0.497 e. The van der Waals surface area contributed by atoms with Crippen molar-refractivity contribution < 1.29 is 32.3 Å². The zero-order valence-corrected chi connectivity index (χ0v) is 22.9. The number of benzene rings is 2. The van der Waals surface area contributed by atoms with Crippen molar-refractivity contribution in [1.29, 1.82) is 0 Å². The molecule has 4 amide bonds. The molecule has 0 spiro atoms. The van der Waals surface area contributed by atoms with Crippen LogP contribution in [0.4, 0.5) is 18.0 Å². The third-order valence-electron chi connectivity index (χ3n) is 7.49. The first kappa shape index (κ1) is 29.2. The van der Waals surface area contributed by atoms with Crippen molar-refractivity contribution >= 4 is 17.8 Å². The monoisotopic (exact) mass is 561 g/mol. The molecule has 0 aromatic heterocycles. The number of halogens is 3. The number of nitrogens with zero attached hydrogens (tertiary/aromatic N) is 4. The summed E-state index contributed by atoms with van der Waals surface area (Å²) in [4.78, 5) is 43.4. The average Bonchev–Trinajstić information content (AvgIpc) is 2.92. The van der Waals surface area contributed by atoms with E-state index in [-0.39, 0.29) is 43.9 Å². The highest BCUT2D eigenvalue weighted by Gasteiger charge is 2.51. The van der Waals surface area contributed by atoms with Gasteiger partial charge in [0.05, 0.1) is 25.8 Å². The average molecular weight is 562 g/mol. The van der Waals surface area contributed by atoms with Gasteiger partial charge in [0.2, 0.25) is 11.8 Å². The summed E-state index contributed by atoms with van der Waals surface area (Å²) < 4.78 is 45.2. The second-order valence-corrected chi connectivity index (χ2v) is 10.2. The number of hydrogen-bond donors (Lipinski definition) is 1. The maximum Gasteiger partial charge on any atom is 0.416 e. The predicted octanol–water partition coefficient (Wildman–Crippen LogP) is 3.70. The van der Waals surface area contributed by atoms with Gasteiger partial charge in [0.1, 0.15) is 18.0 Å². The third kappa shape index (κ3) is 6.01. The molecule has 216 valence electrons. The number of likely N-dealkylation sites (N-methyl/N-ethyl adjacent to an activating group) is 1. The molecule has 2 heterocycles. The lowest BCUT2D eigenvalue weighted by Gasteiger charge is -2.55. The number of methoxy groups -OCH3 is 1. The standard InChI is InChI=1S/C28H34F3N5O4/c1-5-18(2)25-26(38)34(15-20-7-6-8-21(13-20)28(29,30)31)16-23-35(25)24(37)17-33(3)36(23)27(39)32-14-19-9-11-22(40-4)12-10-19/h6-13,18,23,25H,5,14-17H2,1-4H3,(H,32,39)/t18?,23-,25-/m0/s1. The molecule has 0 saturated carbocycles. The fourth-order valence-electron chi connectivity index (χ4n) is 5.21. The van der Waals surface area contributed by atoms with Crippen molar-refractivity contribution in [3.63, 3.8) is 0 Å². The molecule has 2 aliphatic rings. The summed E-state index contributed by atoms with van der Waals surface area (Å²) in [6.45, 7) is 3.74. The Balaban J connectivity index is 1.61. The minimum Gasteiger partial charge on any atom is -0.497 e. The van der Waals surface area contributed by atoms with E-state index in [1.54, 1.807) is 26.3 Å². The molecule has 2 aromatic rings. The normalized spacial score (nSPS) is 20.8. The van der Waals surface area contributed by atoms with E-state index in [1.165, 1.54) is 32.0 Å². The molecule has 12 heteroatoms. The van der Waals surface area contributed by atoms with Crippen LogP contribution in [-0.4, -0.2) is 77.1 Å². The first-order valence-electron chi connectivity index (χ1n) is 13.1. The molecular formula is C28H34F3N5O4. The number of rotatable bonds is 7. The number of carbonyl (C=O) groups is 3. The molecule has 1 N–H and O–H groups in total. The summed E-state index contributed by atoms with van der Waals surface area (Å²) in [6.07, 6.45) is -4.76. The van der Waals surface area contributed by atoms with Crippen molar-refractivity contribution in [3.8, 4) is 5.75 Å². The van der Waals surface area contributed by atoms with Crippen LogP contribution < -0.4 is 10.1 Å². The van der Waals surface area contributed by atoms with E-state index >= 15 is 0 Å². The van der Waals surface area contributed by atoms with E-state index in [2.05, 4.69) is 5.32 Å². The van der Waals surface area contributed by atoms with Gasteiger partial charge in [-0.05, 0) is 41.3 Å². The van der Waals surface area contributed by atoms with Crippen LogP contribution in [0.5, 0.6) is 5.75 Å². The number of hydrogen-bond acceptors (Lipinski definition) is 5. The molecule has 2 saturated heterocycles. The number of piperazine rings is 1. The van der Waals surface area contributed by atoms with E-state index in [9.17, 15) is 27.6 Å². The SMILES string of the molecule is CCC(C)[C@H]1C(=O)N(Cc2cccc(C(F)(F)F)c2)C[C@H]2N1C(=O)CN(C)N2C(=O)NCc1ccc(OC)cc1. The summed E-state index contributed by atoms with van der Waals surface area (Å²) in [5.74, 6) is -0.191. The highest BCUT2D eigenvalue weighted by molar-refractivity contribution is 5.91. The number of ether oxygens (including phenoxy) is 1. The Morgan fingerprint density at radius 1 is 1.12 bits per heavy atom. The second-order valence-electron chi connectivity index (χ2n) is 10.2. The number of amides is 4. The lowest BCUT2D eigenvalue weighted by molar-refractivity contribution is -0.191. The quantitative estimate of drug-likeness (QED) is 0.558.